The van der Waals surface area contributed by atoms with Crippen molar-refractivity contribution in [1.82, 2.24) is 0 Å². The fourth-order valence-corrected chi connectivity index (χ4v) is 2.04. The van der Waals surface area contributed by atoms with Gasteiger partial charge in [-0.05, 0) is 0 Å². The van der Waals surface area contributed by atoms with Crippen LogP contribution in [0.2, 0.25) is 0 Å². The Labute approximate surface area is 83.2 Å². The van der Waals surface area contributed by atoms with E-state index in [9.17, 15) is 4.79 Å². The molecule has 0 N–H and O–H groups in total. The zero-order valence-electron chi connectivity index (χ0n) is 5.29. The fraction of sp³-hybridized carbons (Fsp3) is 0. The van der Waals surface area contributed by atoms with E-state index in [1.807, 2.05) is 30.3 Å². The summed E-state index contributed by atoms with van der Waals surface area (Å²) in [6, 6.07) is 9.44. The average molecular weight is 332 g/mol. The van der Waals surface area contributed by atoms with Crippen molar-refractivity contribution in [3.05, 3.63) is 35.9 Å². The van der Waals surface area contributed by atoms with Gasteiger partial charge in [-0.3, -0.25) is 0 Å². The summed E-state index contributed by atoms with van der Waals surface area (Å²) in [6.45, 7) is 0. The van der Waals surface area contributed by atoms with Gasteiger partial charge in [0, 0.05) is 0 Å². The normalized spacial score (nSPS) is 8.78. The van der Waals surface area contributed by atoms with Gasteiger partial charge >= 0.3 is 84.3 Å². The second kappa shape index (κ2) is 3.51. The van der Waals surface area contributed by atoms with Crippen LogP contribution in [0.5, 0.6) is 0 Å². The van der Waals surface area contributed by atoms with Gasteiger partial charge in [-0.25, -0.2) is 0 Å². The summed E-state index contributed by atoms with van der Waals surface area (Å²) in [6.07, 6.45) is 0. The molecule has 0 aliphatic rings. The molecule has 0 aliphatic heterocycles. The Morgan fingerprint density at radius 3 is 2.11 bits per heavy atom. The first-order chi connectivity index (χ1) is 4.30. The van der Waals surface area contributed by atoms with Crippen LogP contribution in [0.3, 0.4) is 0 Å². The Bertz CT molecular complexity index is 205. The van der Waals surface area contributed by atoms with Crippen LogP contribution in [0.15, 0.2) is 30.3 Å². The minimum absolute atomic E-state index is 0.00100. The van der Waals surface area contributed by atoms with E-state index in [-0.39, 0.29) is 42.8 Å². The molecule has 0 saturated carbocycles. The van der Waals surface area contributed by atoms with Crippen molar-refractivity contribution in [2.24, 2.45) is 0 Å². The molecule has 0 fully saturated rings. The number of rotatable bonds is 1. The molecule has 0 aliphatic carbocycles. The van der Waals surface area contributed by atoms with E-state index in [1.54, 1.807) is 0 Å². The molecule has 1 aromatic rings. The van der Waals surface area contributed by atoms with Crippen LogP contribution in [0.25, 0.3) is 0 Å². The Hall–Kier alpha value is 0.358. The first-order valence-corrected chi connectivity index (χ1v) is 6.97. The molecular weight excluding hydrogens is 326 g/mol. The third-order valence-corrected chi connectivity index (χ3v) is 3.55. The van der Waals surface area contributed by atoms with E-state index in [0.29, 0.717) is 0.824 Å². The molecule has 0 amide bonds. The van der Waals surface area contributed by atoms with Gasteiger partial charge in [-0.2, -0.15) is 0 Å². The molecule has 0 aromatic heterocycles. The Balaban J connectivity index is 2.98. The second-order valence-electron chi connectivity index (χ2n) is 1.92. The standard InChI is InChI=1S/C7H5O.Ra.H/c8-6-7-4-2-1-3-5-7;;/h1-5H;;. The SMILES string of the molecule is O=[C]([RaH])c1ccccc1. The molecule has 0 saturated heterocycles. The van der Waals surface area contributed by atoms with Crippen LogP contribution < -0.4 is 0 Å². The number of hydrogen-bond donors (Lipinski definition) is 0. The van der Waals surface area contributed by atoms with Crippen molar-refractivity contribution in [3.63, 3.8) is 0 Å². The number of hydrogen-bond acceptors (Lipinski definition) is 1. The zero-order valence-corrected chi connectivity index (χ0v) is 13.5. The van der Waals surface area contributed by atoms with Crippen molar-refractivity contribution in [2.45, 2.75) is 0 Å². The summed E-state index contributed by atoms with van der Waals surface area (Å²) >= 11 is -0.00100. The van der Waals surface area contributed by atoms with Crippen LogP contribution >= 0.6 is 0 Å². The van der Waals surface area contributed by atoms with E-state index in [4.69, 9.17) is 0 Å². The zero-order chi connectivity index (χ0) is 6.69. The van der Waals surface area contributed by atoms with Gasteiger partial charge in [0.1, 0.15) is 0 Å². The summed E-state index contributed by atoms with van der Waals surface area (Å²) in [4.78, 5) is 10.7. The van der Waals surface area contributed by atoms with Crippen LogP contribution in [0.1, 0.15) is 10.4 Å². The molecule has 1 nitrogen and oxygen atoms in total. The molecule has 9 heavy (non-hydrogen) atoms. The van der Waals surface area contributed by atoms with Gasteiger partial charge in [0.05, 0.1) is 0 Å². The molecular formula is C7H6ORa. The molecule has 42 valence electrons. The quantitative estimate of drug-likeness (QED) is 0.753. The van der Waals surface area contributed by atoms with E-state index >= 15 is 0 Å². The topological polar surface area (TPSA) is 17.1 Å². The van der Waals surface area contributed by atoms with Crippen LogP contribution in [0.4, 0.5) is 0 Å². The predicted molar refractivity (Wildman–Crippen MR) is 32.2 cm³/mol. The number of carbonyl (C=O) groups excluding carboxylic acids is 1. The van der Waals surface area contributed by atoms with Gasteiger partial charge in [0.25, 0.3) is 0 Å². The number of carbonyl (C=O) groups is 1. The molecule has 0 unspecified atom stereocenters. The first kappa shape index (κ1) is 7.46. The van der Waals surface area contributed by atoms with Gasteiger partial charge in [-0.1, -0.05) is 0 Å². The summed E-state index contributed by atoms with van der Waals surface area (Å²) in [7, 11) is 0. The fourth-order valence-electron chi connectivity index (χ4n) is 0.673. The predicted octanol–water partition coefficient (Wildman–Crippen LogP) is 1.11. The van der Waals surface area contributed by atoms with E-state index in [0.717, 1.165) is 5.56 Å². The van der Waals surface area contributed by atoms with E-state index < -0.39 is 0 Å². The molecule has 0 atom stereocenters. The summed E-state index contributed by atoms with van der Waals surface area (Å²) in [5, 5.41) is 0. The van der Waals surface area contributed by atoms with Crippen molar-refractivity contribution in [2.75, 3.05) is 0 Å². The van der Waals surface area contributed by atoms with Gasteiger partial charge in [0.15, 0.2) is 0 Å². The Morgan fingerprint density at radius 2 is 1.78 bits per heavy atom. The van der Waals surface area contributed by atoms with Crippen molar-refractivity contribution < 1.29 is 47.6 Å². The Morgan fingerprint density at radius 1 is 1.22 bits per heavy atom. The molecule has 0 radical (unpaired) electrons. The summed E-state index contributed by atoms with van der Waals surface area (Å²) < 4.78 is 0.351. The molecule has 0 spiro atoms. The third kappa shape index (κ3) is 2.21. The minimum atomic E-state index is -0.00100. The van der Waals surface area contributed by atoms with Crippen LogP contribution in [-0.4, -0.2) is 0.824 Å². The monoisotopic (exact) mass is 332 g/mol. The first-order valence-electron chi connectivity index (χ1n) is 2.86. The van der Waals surface area contributed by atoms with Gasteiger partial charge in [0.2, 0.25) is 0 Å². The molecule has 2 heteroatoms. The van der Waals surface area contributed by atoms with Crippen molar-refractivity contribution in [1.29, 1.82) is 0 Å². The maximum absolute atomic E-state index is 10.7. The van der Waals surface area contributed by atoms with Gasteiger partial charge < -0.3 is 0 Å². The Kier molecular flexibility index (Phi) is 2.91. The molecule has 1 aromatic carbocycles. The second-order valence-corrected chi connectivity index (χ2v) is 5.65. The van der Waals surface area contributed by atoms with Crippen LogP contribution in [0, 0.1) is 42.8 Å². The van der Waals surface area contributed by atoms with Crippen molar-refractivity contribution >= 4 is 0.824 Å². The average Bonchev–Trinajstić information content (AvgIpc) is 1.90. The number of benzene rings is 1. The molecule has 0 bridgehead atoms. The molecule has 0 heterocycles. The van der Waals surface area contributed by atoms with E-state index in [2.05, 4.69) is 0 Å². The third-order valence-electron chi connectivity index (χ3n) is 1.18. The summed E-state index contributed by atoms with van der Waals surface area (Å²) in [5.41, 5.74) is 0.878. The summed E-state index contributed by atoms with van der Waals surface area (Å²) in [5.74, 6) is 0. The van der Waals surface area contributed by atoms with E-state index in [1.165, 1.54) is 0 Å². The molecule has 1 rings (SSSR count). The van der Waals surface area contributed by atoms with Gasteiger partial charge in [-0.15, -0.1) is 0 Å². The van der Waals surface area contributed by atoms with Crippen molar-refractivity contribution in [3.8, 4) is 0 Å². The van der Waals surface area contributed by atoms with Crippen LogP contribution in [-0.2, 0) is 0 Å². The maximum atomic E-state index is 10.7.